The zero-order chi connectivity index (χ0) is 18.1. The number of aromatic nitrogens is 2. The molecule has 1 N–H and O–H groups in total. The van der Waals surface area contributed by atoms with Gasteiger partial charge < -0.3 is 19.9 Å². The number of carbonyl (C=O) groups excluding carboxylic acids is 1. The lowest BCUT2D eigenvalue weighted by atomic mass is 10.1. The highest BCUT2D eigenvalue weighted by atomic mass is 32.1. The molecule has 1 saturated heterocycles. The van der Waals surface area contributed by atoms with Crippen molar-refractivity contribution >= 4 is 33.2 Å². The van der Waals surface area contributed by atoms with Crippen LogP contribution in [0, 0.1) is 0 Å². The quantitative estimate of drug-likeness (QED) is 0.889. The summed E-state index contributed by atoms with van der Waals surface area (Å²) in [6, 6.07) is 6.37. The molecule has 4 rings (SSSR count). The van der Waals surface area contributed by atoms with E-state index in [0.29, 0.717) is 5.13 Å². The van der Waals surface area contributed by atoms with Gasteiger partial charge in [0.1, 0.15) is 5.75 Å². The Kier molecular flexibility index (Phi) is 4.50. The first kappa shape index (κ1) is 16.8. The molecule has 0 radical (unpaired) electrons. The van der Waals surface area contributed by atoms with Crippen molar-refractivity contribution in [3.63, 3.8) is 0 Å². The Bertz CT molecular complexity index is 842. The lowest BCUT2D eigenvalue weighted by Gasteiger charge is -2.36. The highest BCUT2D eigenvalue weighted by Crippen LogP contribution is 2.31. The normalized spacial score (nSPS) is 16.2. The van der Waals surface area contributed by atoms with Crippen LogP contribution in [0.5, 0.6) is 5.75 Å². The third-order valence-corrected chi connectivity index (χ3v) is 5.56. The second kappa shape index (κ2) is 6.95. The summed E-state index contributed by atoms with van der Waals surface area (Å²) in [5, 5.41) is 12.3. The van der Waals surface area contributed by atoms with Gasteiger partial charge in [0.25, 0.3) is 0 Å². The van der Waals surface area contributed by atoms with Gasteiger partial charge in [0.2, 0.25) is 16.2 Å². The molecule has 0 bridgehead atoms. The molecular formula is C18H21N5O2S. The van der Waals surface area contributed by atoms with Crippen molar-refractivity contribution in [2.24, 2.45) is 0 Å². The van der Waals surface area contributed by atoms with Crippen LogP contribution in [0.2, 0.25) is 0 Å². The summed E-state index contributed by atoms with van der Waals surface area (Å²) >= 11 is 1.40. The average molecular weight is 371 g/mol. The number of hydrogen-bond donors (Lipinski definition) is 1. The highest BCUT2D eigenvalue weighted by Gasteiger charge is 2.22. The van der Waals surface area contributed by atoms with Crippen LogP contribution in [0.15, 0.2) is 24.8 Å². The molecule has 0 saturated carbocycles. The van der Waals surface area contributed by atoms with E-state index in [1.54, 1.807) is 0 Å². The third kappa shape index (κ3) is 3.37. The Labute approximate surface area is 156 Å². The monoisotopic (exact) mass is 371 g/mol. The number of nitrogens with zero attached hydrogens (tertiary/aromatic N) is 4. The van der Waals surface area contributed by atoms with E-state index in [4.69, 9.17) is 4.74 Å². The summed E-state index contributed by atoms with van der Waals surface area (Å²) in [5.74, 6) is 0.855. The Hall–Kier alpha value is -2.61. The van der Waals surface area contributed by atoms with Gasteiger partial charge >= 0.3 is 0 Å². The molecule has 2 aliphatic heterocycles. The van der Waals surface area contributed by atoms with Gasteiger partial charge in [-0.3, -0.25) is 4.79 Å². The van der Waals surface area contributed by atoms with Crippen molar-refractivity contribution in [1.82, 2.24) is 15.1 Å². The minimum Gasteiger partial charge on any atom is -0.493 e. The summed E-state index contributed by atoms with van der Waals surface area (Å²) in [6.45, 7) is 9.94. The van der Waals surface area contributed by atoms with Crippen LogP contribution in [-0.4, -0.2) is 53.8 Å². The van der Waals surface area contributed by atoms with Gasteiger partial charge in [-0.15, -0.1) is 10.2 Å². The number of amides is 1. The number of fused-ring (bicyclic) bond motifs is 1. The lowest BCUT2D eigenvalue weighted by molar-refractivity contribution is -0.114. The second-order valence-corrected chi connectivity index (χ2v) is 7.37. The van der Waals surface area contributed by atoms with Crippen molar-refractivity contribution < 1.29 is 9.53 Å². The van der Waals surface area contributed by atoms with Gasteiger partial charge in [-0.2, -0.15) is 0 Å². The fourth-order valence-corrected chi connectivity index (χ4v) is 4.08. The van der Waals surface area contributed by atoms with Gasteiger partial charge in [0.15, 0.2) is 0 Å². The smallest absolute Gasteiger partial charge is 0.223 e. The molecule has 1 fully saturated rings. The van der Waals surface area contributed by atoms with E-state index in [0.717, 1.165) is 61.3 Å². The topological polar surface area (TPSA) is 70.6 Å². The number of benzene rings is 1. The Morgan fingerprint density at radius 1 is 1.27 bits per heavy atom. The van der Waals surface area contributed by atoms with Crippen LogP contribution >= 0.6 is 11.3 Å². The molecule has 1 aromatic carbocycles. The molecule has 7 nitrogen and oxygen atoms in total. The van der Waals surface area contributed by atoms with Crippen LogP contribution < -0.4 is 15.0 Å². The SMILES string of the molecule is C=C(c1ccc2c(c1)OCC2)N1CCN(c2nnc(NC(C)=O)s2)CC1. The molecule has 26 heavy (non-hydrogen) atoms. The molecule has 2 aliphatic rings. The molecule has 136 valence electrons. The van der Waals surface area contributed by atoms with Crippen LogP contribution in [0.4, 0.5) is 10.3 Å². The minimum absolute atomic E-state index is 0.132. The molecule has 0 atom stereocenters. The largest absolute Gasteiger partial charge is 0.493 e. The molecule has 8 heteroatoms. The lowest BCUT2D eigenvalue weighted by Crippen LogP contribution is -2.45. The molecule has 2 aromatic rings. The predicted octanol–water partition coefficient (Wildman–Crippen LogP) is 2.22. The van der Waals surface area contributed by atoms with E-state index in [1.807, 2.05) is 0 Å². The van der Waals surface area contributed by atoms with Crippen molar-refractivity contribution in [3.8, 4) is 5.75 Å². The number of nitrogens with one attached hydrogen (secondary N) is 1. The van der Waals surface area contributed by atoms with Crippen LogP contribution in [0.25, 0.3) is 5.70 Å². The number of hydrogen-bond acceptors (Lipinski definition) is 7. The predicted molar refractivity (Wildman–Crippen MR) is 103 cm³/mol. The van der Waals surface area contributed by atoms with E-state index >= 15 is 0 Å². The number of piperazine rings is 1. The molecule has 0 spiro atoms. The highest BCUT2D eigenvalue weighted by molar-refractivity contribution is 7.19. The third-order valence-electron chi connectivity index (χ3n) is 4.66. The van der Waals surface area contributed by atoms with Gasteiger partial charge in [0, 0.05) is 50.8 Å². The standard InChI is InChI=1S/C18H21N5O2S/c1-12(15-4-3-14-5-10-25-16(14)11-15)22-6-8-23(9-7-22)18-21-20-17(26-18)19-13(2)24/h3-4,11H,1,5-10H2,2H3,(H,19,20,24). The fraction of sp³-hybridized carbons (Fsp3) is 0.389. The average Bonchev–Trinajstić information content (AvgIpc) is 3.29. The van der Waals surface area contributed by atoms with E-state index < -0.39 is 0 Å². The number of rotatable bonds is 4. The maximum Gasteiger partial charge on any atom is 0.223 e. The Balaban J connectivity index is 1.38. The minimum atomic E-state index is -0.132. The number of ether oxygens (including phenoxy) is 1. The van der Waals surface area contributed by atoms with E-state index in [2.05, 4.69) is 50.1 Å². The Morgan fingerprint density at radius 2 is 2.08 bits per heavy atom. The molecule has 0 unspecified atom stereocenters. The zero-order valence-electron chi connectivity index (χ0n) is 14.7. The molecular weight excluding hydrogens is 350 g/mol. The van der Waals surface area contributed by atoms with Crippen molar-refractivity contribution in [2.75, 3.05) is 43.0 Å². The first-order valence-corrected chi connectivity index (χ1v) is 9.48. The van der Waals surface area contributed by atoms with E-state index in [1.165, 1.54) is 23.8 Å². The van der Waals surface area contributed by atoms with Gasteiger partial charge in [-0.1, -0.05) is 30.0 Å². The number of carbonyl (C=O) groups is 1. The van der Waals surface area contributed by atoms with E-state index in [-0.39, 0.29) is 5.91 Å². The summed E-state index contributed by atoms with van der Waals surface area (Å²) in [5.41, 5.74) is 3.42. The van der Waals surface area contributed by atoms with Crippen LogP contribution in [0.1, 0.15) is 18.1 Å². The van der Waals surface area contributed by atoms with Crippen LogP contribution in [-0.2, 0) is 11.2 Å². The van der Waals surface area contributed by atoms with E-state index in [9.17, 15) is 4.79 Å². The molecule has 1 aromatic heterocycles. The number of anilines is 2. The summed E-state index contributed by atoms with van der Waals surface area (Å²) < 4.78 is 5.67. The fourth-order valence-electron chi connectivity index (χ4n) is 3.24. The summed E-state index contributed by atoms with van der Waals surface area (Å²) in [4.78, 5) is 15.6. The first-order chi connectivity index (χ1) is 12.6. The van der Waals surface area contributed by atoms with Crippen LogP contribution in [0.3, 0.4) is 0 Å². The van der Waals surface area contributed by atoms with Crippen molar-refractivity contribution in [1.29, 1.82) is 0 Å². The second-order valence-electron chi connectivity index (χ2n) is 6.41. The van der Waals surface area contributed by atoms with Crippen molar-refractivity contribution in [2.45, 2.75) is 13.3 Å². The first-order valence-electron chi connectivity index (χ1n) is 8.66. The molecule has 0 aliphatic carbocycles. The van der Waals surface area contributed by atoms with Gasteiger partial charge in [-0.05, 0) is 11.6 Å². The summed E-state index contributed by atoms with van der Waals surface area (Å²) in [7, 11) is 0. The summed E-state index contributed by atoms with van der Waals surface area (Å²) in [6.07, 6.45) is 0.989. The van der Waals surface area contributed by atoms with Crippen molar-refractivity contribution in [3.05, 3.63) is 35.9 Å². The molecule has 1 amide bonds. The van der Waals surface area contributed by atoms with Gasteiger partial charge in [0.05, 0.1) is 6.61 Å². The Morgan fingerprint density at radius 3 is 2.85 bits per heavy atom. The maximum absolute atomic E-state index is 11.1. The molecule has 3 heterocycles. The zero-order valence-corrected chi connectivity index (χ0v) is 15.5. The maximum atomic E-state index is 11.1. The van der Waals surface area contributed by atoms with Gasteiger partial charge in [-0.25, -0.2) is 0 Å².